The van der Waals surface area contributed by atoms with E-state index in [1.807, 2.05) is 19.3 Å². The van der Waals surface area contributed by atoms with Crippen molar-refractivity contribution in [3.05, 3.63) is 33.4 Å². The van der Waals surface area contributed by atoms with Crippen molar-refractivity contribution in [2.75, 3.05) is 5.32 Å². The lowest BCUT2D eigenvalue weighted by atomic mass is 10.4. The Kier molecular flexibility index (Phi) is 3.16. The Bertz CT molecular complexity index is 444. The zero-order valence-electron chi connectivity index (χ0n) is 8.00. The summed E-state index contributed by atoms with van der Waals surface area (Å²) in [4.78, 5) is 0. The Morgan fingerprint density at radius 1 is 1.53 bits per heavy atom. The van der Waals surface area contributed by atoms with Crippen molar-refractivity contribution in [3.8, 4) is 0 Å². The predicted octanol–water partition coefficient (Wildman–Crippen LogP) is 3.15. The summed E-state index contributed by atoms with van der Waals surface area (Å²) in [5, 5.41) is 7.26. The lowest BCUT2D eigenvalue weighted by molar-refractivity contribution is 0.494. The number of nitrogens with zero attached hydrogens (tertiary/aromatic N) is 2. The Labute approximate surface area is 104 Å². The fourth-order valence-electron chi connectivity index (χ4n) is 1.18. The summed E-state index contributed by atoms with van der Waals surface area (Å²) in [6.45, 7) is 0.635. The summed E-state index contributed by atoms with van der Waals surface area (Å²) in [6, 6.07) is 1.92. The van der Waals surface area contributed by atoms with Crippen molar-refractivity contribution in [2.45, 2.75) is 6.54 Å². The van der Waals surface area contributed by atoms with Crippen molar-refractivity contribution >= 4 is 37.5 Å². The van der Waals surface area contributed by atoms with E-state index in [9.17, 15) is 0 Å². The van der Waals surface area contributed by atoms with Gasteiger partial charge in [-0.15, -0.1) is 0 Å². The molecule has 0 amide bonds. The largest absolute Gasteiger partial charge is 0.451 e. The summed E-state index contributed by atoms with van der Waals surface area (Å²) < 4.78 is 8.80. The van der Waals surface area contributed by atoms with E-state index in [2.05, 4.69) is 42.3 Å². The van der Waals surface area contributed by atoms with Crippen molar-refractivity contribution in [1.82, 2.24) is 9.78 Å². The lowest BCUT2D eigenvalue weighted by Gasteiger charge is -1.98. The van der Waals surface area contributed by atoms with Gasteiger partial charge >= 0.3 is 0 Å². The molecule has 0 saturated heterocycles. The number of aromatic nitrogens is 2. The smallest absolute Gasteiger partial charge is 0.183 e. The average Bonchev–Trinajstić information content (AvgIpc) is 2.72. The van der Waals surface area contributed by atoms with E-state index in [0.717, 1.165) is 15.9 Å². The van der Waals surface area contributed by atoms with Crippen molar-refractivity contribution < 1.29 is 4.42 Å². The second-order valence-electron chi connectivity index (χ2n) is 3.09. The minimum atomic E-state index is 0.635. The average molecular weight is 335 g/mol. The van der Waals surface area contributed by atoms with Crippen LogP contribution in [0.5, 0.6) is 0 Å². The molecule has 80 valence electrons. The van der Waals surface area contributed by atoms with Gasteiger partial charge in [0.05, 0.1) is 22.9 Å². The first kappa shape index (κ1) is 10.8. The van der Waals surface area contributed by atoms with Crippen molar-refractivity contribution in [2.24, 2.45) is 7.05 Å². The molecule has 2 heterocycles. The van der Waals surface area contributed by atoms with E-state index in [1.54, 1.807) is 10.9 Å². The predicted molar refractivity (Wildman–Crippen MR) is 64.6 cm³/mol. The quantitative estimate of drug-likeness (QED) is 0.937. The van der Waals surface area contributed by atoms with E-state index < -0.39 is 0 Å². The highest BCUT2D eigenvalue weighted by atomic mass is 79.9. The molecule has 0 unspecified atom stereocenters. The molecule has 15 heavy (non-hydrogen) atoms. The molecule has 4 nitrogen and oxygen atoms in total. The number of hydrogen-bond donors (Lipinski definition) is 1. The topological polar surface area (TPSA) is 43.0 Å². The van der Waals surface area contributed by atoms with Crippen molar-refractivity contribution in [3.63, 3.8) is 0 Å². The van der Waals surface area contributed by atoms with Crippen LogP contribution in [-0.4, -0.2) is 9.78 Å². The van der Waals surface area contributed by atoms with Crippen LogP contribution in [0.3, 0.4) is 0 Å². The van der Waals surface area contributed by atoms with E-state index in [0.29, 0.717) is 11.2 Å². The standard InChI is InChI=1S/C9H9Br2N3O/c1-14-5-6(3-13-14)12-4-7-2-8(10)9(11)15-7/h2-3,5,12H,4H2,1H3. The molecule has 0 aliphatic carbocycles. The number of halogens is 2. The van der Waals surface area contributed by atoms with Crippen LogP contribution < -0.4 is 5.32 Å². The van der Waals surface area contributed by atoms with Gasteiger partial charge in [-0.3, -0.25) is 4.68 Å². The molecule has 1 N–H and O–H groups in total. The van der Waals surface area contributed by atoms with Gasteiger partial charge in [-0.1, -0.05) is 0 Å². The zero-order chi connectivity index (χ0) is 10.8. The number of aryl methyl sites for hydroxylation is 1. The minimum Gasteiger partial charge on any atom is -0.451 e. The molecule has 0 aliphatic heterocycles. The maximum Gasteiger partial charge on any atom is 0.183 e. The Hall–Kier alpha value is -0.750. The molecule has 0 atom stereocenters. The molecular formula is C9H9Br2N3O. The van der Waals surface area contributed by atoms with Gasteiger partial charge in [0.1, 0.15) is 5.76 Å². The highest BCUT2D eigenvalue weighted by molar-refractivity contribution is 9.13. The van der Waals surface area contributed by atoms with Crippen LogP contribution in [0.15, 0.2) is 32.0 Å². The van der Waals surface area contributed by atoms with Crippen LogP contribution in [0.2, 0.25) is 0 Å². The van der Waals surface area contributed by atoms with Gasteiger partial charge < -0.3 is 9.73 Å². The molecule has 0 spiro atoms. The van der Waals surface area contributed by atoms with Gasteiger partial charge in [-0.2, -0.15) is 5.10 Å². The van der Waals surface area contributed by atoms with E-state index >= 15 is 0 Å². The third-order valence-corrected chi connectivity index (χ3v) is 3.58. The minimum absolute atomic E-state index is 0.635. The van der Waals surface area contributed by atoms with Crippen LogP contribution >= 0.6 is 31.9 Å². The van der Waals surface area contributed by atoms with Gasteiger partial charge in [0.15, 0.2) is 4.67 Å². The van der Waals surface area contributed by atoms with Gasteiger partial charge in [0.25, 0.3) is 0 Å². The molecule has 0 bridgehead atoms. The monoisotopic (exact) mass is 333 g/mol. The van der Waals surface area contributed by atoms with Crippen LogP contribution in [0.25, 0.3) is 0 Å². The first-order valence-corrected chi connectivity index (χ1v) is 5.90. The fraction of sp³-hybridized carbons (Fsp3) is 0.222. The fourth-order valence-corrected chi connectivity index (χ4v) is 1.84. The molecule has 0 aromatic carbocycles. The Morgan fingerprint density at radius 3 is 2.87 bits per heavy atom. The first-order chi connectivity index (χ1) is 7.15. The Morgan fingerprint density at radius 2 is 2.33 bits per heavy atom. The van der Waals surface area contributed by atoms with Crippen LogP contribution in [0, 0.1) is 0 Å². The zero-order valence-corrected chi connectivity index (χ0v) is 11.2. The first-order valence-electron chi connectivity index (χ1n) is 4.31. The summed E-state index contributed by atoms with van der Waals surface area (Å²) >= 11 is 6.65. The molecule has 2 rings (SSSR count). The van der Waals surface area contributed by atoms with Crippen LogP contribution in [-0.2, 0) is 13.6 Å². The number of rotatable bonds is 3. The number of nitrogens with one attached hydrogen (secondary N) is 1. The molecule has 0 radical (unpaired) electrons. The number of furan rings is 1. The van der Waals surface area contributed by atoms with E-state index in [1.165, 1.54) is 0 Å². The van der Waals surface area contributed by atoms with Crippen LogP contribution in [0.4, 0.5) is 5.69 Å². The normalized spacial score (nSPS) is 10.6. The lowest BCUT2D eigenvalue weighted by Crippen LogP contribution is -1.96. The van der Waals surface area contributed by atoms with Crippen LogP contribution in [0.1, 0.15) is 5.76 Å². The molecule has 0 saturated carbocycles. The summed E-state index contributed by atoms with van der Waals surface area (Å²) in [6.07, 6.45) is 3.68. The van der Waals surface area contributed by atoms with Gasteiger partial charge in [-0.25, -0.2) is 0 Å². The van der Waals surface area contributed by atoms with E-state index in [4.69, 9.17) is 4.42 Å². The highest BCUT2D eigenvalue weighted by Gasteiger charge is 2.05. The Balaban J connectivity index is 1.99. The maximum atomic E-state index is 5.42. The summed E-state index contributed by atoms with van der Waals surface area (Å²) in [5.74, 6) is 0.859. The molecule has 0 aliphatic rings. The maximum absolute atomic E-state index is 5.42. The second kappa shape index (κ2) is 4.40. The molecule has 6 heteroatoms. The third kappa shape index (κ3) is 2.63. The molecule has 2 aromatic heterocycles. The SMILES string of the molecule is Cn1cc(NCc2cc(Br)c(Br)o2)cn1. The van der Waals surface area contributed by atoms with E-state index in [-0.39, 0.29) is 0 Å². The molecule has 2 aromatic rings. The van der Waals surface area contributed by atoms with Crippen molar-refractivity contribution in [1.29, 1.82) is 0 Å². The summed E-state index contributed by atoms with van der Waals surface area (Å²) in [5.41, 5.74) is 0.973. The van der Waals surface area contributed by atoms with Gasteiger partial charge in [0.2, 0.25) is 0 Å². The molecule has 0 fully saturated rings. The summed E-state index contributed by atoms with van der Waals surface area (Å²) in [7, 11) is 1.88. The number of anilines is 1. The second-order valence-corrected chi connectivity index (χ2v) is 4.67. The highest BCUT2D eigenvalue weighted by Crippen LogP contribution is 2.27. The molecular weight excluding hydrogens is 326 g/mol. The van der Waals surface area contributed by atoms with Gasteiger partial charge in [-0.05, 0) is 37.9 Å². The number of hydrogen-bond acceptors (Lipinski definition) is 3. The van der Waals surface area contributed by atoms with Gasteiger partial charge in [0, 0.05) is 13.2 Å². The third-order valence-electron chi connectivity index (χ3n) is 1.87.